The normalized spacial score (nSPS) is 22.0. The van der Waals surface area contributed by atoms with Crippen molar-refractivity contribution in [3.8, 4) is 0 Å². The molecule has 0 aromatic carbocycles. The molecule has 4 heterocycles. The van der Waals surface area contributed by atoms with Gasteiger partial charge in [0.15, 0.2) is 5.65 Å². The Morgan fingerprint density at radius 3 is 2.74 bits per heavy atom. The topological polar surface area (TPSA) is 46.0 Å². The molecule has 0 unspecified atom stereocenters. The van der Waals surface area contributed by atoms with Crippen LogP contribution < -0.4 is 5.32 Å². The molecule has 0 radical (unpaired) electrons. The van der Waals surface area contributed by atoms with E-state index in [1.165, 1.54) is 44.6 Å². The molecule has 0 spiro atoms. The number of nitrogens with one attached hydrogen (secondary N) is 1. The van der Waals surface area contributed by atoms with Crippen molar-refractivity contribution in [1.29, 1.82) is 0 Å². The number of likely N-dealkylation sites (tertiary alicyclic amines) is 1. The van der Waals surface area contributed by atoms with Crippen molar-refractivity contribution in [2.45, 2.75) is 38.1 Å². The predicted octanol–water partition coefficient (Wildman–Crippen LogP) is 2.24. The van der Waals surface area contributed by atoms with Crippen molar-refractivity contribution in [2.24, 2.45) is 5.92 Å². The van der Waals surface area contributed by atoms with Crippen LogP contribution >= 0.6 is 0 Å². The highest BCUT2D eigenvalue weighted by Gasteiger charge is 2.25. The van der Waals surface area contributed by atoms with E-state index >= 15 is 0 Å². The molecule has 2 fully saturated rings. The second-order valence-electron chi connectivity index (χ2n) is 7.18. The predicted molar refractivity (Wildman–Crippen MR) is 92.6 cm³/mol. The average Bonchev–Trinajstić information content (AvgIpc) is 2.94. The Morgan fingerprint density at radius 1 is 1.17 bits per heavy atom. The number of fused-ring (bicyclic) bond motifs is 1. The minimum atomic E-state index is 0.558. The van der Waals surface area contributed by atoms with Crippen molar-refractivity contribution in [3.63, 3.8) is 0 Å². The fourth-order valence-electron chi connectivity index (χ4n) is 4.10. The van der Waals surface area contributed by atoms with E-state index in [0.29, 0.717) is 6.04 Å². The molecule has 0 saturated carbocycles. The fourth-order valence-corrected chi connectivity index (χ4v) is 4.10. The third kappa shape index (κ3) is 3.12. The summed E-state index contributed by atoms with van der Waals surface area (Å²) in [6.07, 6.45) is 7.96. The lowest BCUT2D eigenvalue weighted by molar-refractivity contribution is 0.219. The van der Waals surface area contributed by atoms with E-state index < -0.39 is 0 Å². The maximum atomic E-state index is 4.97. The van der Waals surface area contributed by atoms with Gasteiger partial charge in [0.2, 0.25) is 0 Å². The van der Waals surface area contributed by atoms with Crippen LogP contribution in [0.2, 0.25) is 0 Å². The van der Waals surface area contributed by atoms with Crippen LogP contribution in [0.1, 0.15) is 37.5 Å². The third-order valence-electron chi connectivity index (χ3n) is 5.51. The molecular weight excluding hydrogens is 286 g/mol. The molecule has 2 saturated heterocycles. The molecule has 0 amide bonds. The molecular formula is C18H27N5. The molecule has 2 aliphatic rings. The highest BCUT2D eigenvalue weighted by atomic mass is 15.2. The van der Waals surface area contributed by atoms with Crippen molar-refractivity contribution in [3.05, 3.63) is 24.2 Å². The lowest BCUT2D eigenvalue weighted by atomic mass is 9.94. The van der Waals surface area contributed by atoms with E-state index in [9.17, 15) is 0 Å². The summed E-state index contributed by atoms with van der Waals surface area (Å²) in [4.78, 5) is 12.1. The largest absolute Gasteiger partial charge is 0.317 e. The minimum Gasteiger partial charge on any atom is -0.317 e. The zero-order chi connectivity index (χ0) is 15.6. The SMILES string of the molecule is CN1CCC(n2c(CC3CCNCC3)nc3cccnc32)CC1. The van der Waals surface area contributed by atoms with Gasteiger partial charge >= 0.3 is 0 Å². The fraction of sp³-hybridized carbons (Fsp3) is 0.667. The Kier molecular flexibility index (Phi) is 4.31. The van der Waals surface area contributed by atoms with Gasteiger partial charge in [-0.05, 0) is 77.0 Å². The van der Waals surface area contributed by atoms with Gasteiger partial charge in [-0.3, -0.25) is 0 Å². The number of pyridine rings is 1. The van der Waals surface area contributed by atoms with Gasteiger partial charge in [0.05, 0.1) is 0 Å². The van der Waals surface area contributed by atoms with Crippen LogP contribution in [0.5, 0.6) is 0 Å². The molecule has 0 bridgehead atoms. The van der Waals surface area contributed by atoms with Crippen LogP contribution in [0.25, 0.3) is 11.2 Å². The van der Waals surface area contributed by atoms with Crippen LogP contribution in [0, 0.1) is 5.92 Å². The molecule has 5 nitrogen and oxygen atoms in total. The van der Waals surface area contributed by atoms with Crippen LogP contribution in [0.15, 0.2) is 18.3 Å². The van der Waals surface area contributed by atoms with Crippen LogP contribution in [0.4, 0.5) is 0 Å². The van der Waals surface area contributed by atoms with E-state index in [4.69, 9.17) is 4.98 Å². The Bertz CT molecular complexity index is 650. The summed E-state index contributed by atoms with van der Waals surface area (Å²) < 4.78 is 2.48. The van der Waals surface area contributed by atoms with Crippen LogP contribution in [-0.2, 0) is 6.42 Å². The summed E-state index contributed by atoms with van der Waals surface area (Å²) in [5, 5.41) is 3.46. The van der Waals surface area contributed by atoms with Gasteiger partial charge in [0.1, 0.15) is 11.3 Å². The number of hydrogen-bond acceptors (Lipinski definition) is 4. The molecule has 5 heteroatoms. The number of piperidine rings is 2. The third-order valence-corrected chi connectivity index (χ3v) is 5.51. The zero-order valence-electron chi connectivity index (χ0n) is 14.0. The van der Waals surface area contributed by atoms with E-state index in [1.807, 2.05) is 12.3 Å². The Balaban J connectivity index is 1.66. The highest BCUT2D eigenvalue weighted by molar-refractivity contribution is 5.71. The number of imidazole rings is 1. The summed E-state index contributed by atoms with van der Waals surface area (Å²) in [6, 6.07) is 4.67. The van der Waals surface area contributed by atoms with Gasteiger partial charge in [-0.25, -0.2) is 9.97 Å². The maximum Gasteiger partial charge on any atom is 0.160 e. The summed E-state index contributed by atoms with van der Waals surface area (Å²) in [5.41, 5.74) is 2.15. The van der Waals surface area contributed by atoms with Gasteiger partial charge in [-0.15, -0.1) is 0 Å². The highest BCUT2D eigenvalue weighted by Crippen LogP contribution is 2.29. The van der Waals surface area contributed by atoms with Gasteiger partial charge in [-0.1, -0.05) is 0 Å². The Hall–Kier alpha value is -1.46. The standard InChI is InChI=1S/C18H27N5/c1-22-11-6-15(7-12-22)23-17(13-14-4-9-19-10-5-14)21-16-3-2-8-20-18(16)23/h2-3,8,14-15,19H,4-7,9-13H2,1H3. The number of nitrogens with zero attached hydrogens (tertiary/aromatic N) is 4. The minimum absolute atomic E-state index is 0.558. The zero-order valence-corrected chi connectivity index (χ0v) is 14.0. The molecule has 0 aliphatic carbocycles. The van der Waals surface area contributed by atoms with E-state index in [-0.39, 0.29) is 0 Å². The van der Waals surface area contributed by atoms with Gasteiger partial charge < -0.3 is 14.8 Å². The van der Waals surface area contributed by atoms with E-state index in [1.54, 1.807) is 0 Å². The second-order valence-corrected chi connectivity index (χ2v) is 7.18. The molecule has 1 N–H and O–H groups in total. The molecule has 124 valence electrons. The monoisotopic (exact) mass is 313 g/mol. The molecule has 4 rings (SSSR count). The molecule has 23 heavy (non-hydrogen) atoms. The lowest BCUT2D eigenvalue weighted by Crippen LogP contribution is -2.33. The second kappa shape index (κ2) is 6.57. The number of hydrogen-bond donors (Lipinski definition) is 1. The van der Waals surface area contributed by atoms with Crippen molar-refractivity contribution < 1.29 is 0 Å². The Labute approximate surface area is 138 Å². The first-order valence-corrected chi connectivity index (χ1v) is 9.02. The van der Waals surface area contributed by atoms with Gasteiger partial charge in [0.25, 0.3) is 0 Å². The quantitative estimate of drug-likeness (QED) is 0.944. The summed E-state index contributed by atoms with van der Waals surface area (Å²) in [5.74, 6) is 2.03. The first kappa shape index (κ1) is 15.1. The molecule has 2 aromatic heterocycles. The van der Waals surface area contributed by atoms with E-state index in [0.717, 1.165) is 36.6 Å². The number of aromatic nitrogens is 3. The van der Waals surface area contributed by atoms with E-state index in [2.05, 4.69) is 32.9 Å². The van der Waals surface area contributed by atoms with Crippen LogP contribution in [-0.4, -0.2) is 52.7 Å². The van der Waals surface area contributed by atoms with Gasteiger partial charge in [-0.2, -0.15) is 0 Å². The molecule has 2 aromatic rings. The van der Waals surface area contributed by atoms with Crippen molar-refractivity contribution >= 4 is 11.2 Å². The first-order chi connectivity index (χ1) is 11.3. The summed E-state index contributed by atoms with van der Waals surface area (Å²) in [7, 11) is 2.22. The summed E-state index contributed by atoms with van der Waals surface area (Å²) in [6.45, 7) is 4.64. The van der Waals surface area contributed by atoms with Crippen molar-refractivity contribution in [1.82, 2.24) is 24.8 Å². The van der Waals surface area contributed by atoms with Crippen molar-refractivity contribution in [2.75, 3.05) is 33.2 Å². The van der Waals surface area contributed by atoms with Crippen LogP contribution in [0.3, 0.4) is 0 Å². The Morgan fingerprint density at radius 2 is 1.96 bits per heavy atom. The average molecular weight is 313 g/mol. The first-order valence-electron chi connectivity index (χ1n) is 9.02. The molecule has 0 atom stereocenters. The van der Waals surface area contributed by atoms with Gasteiger partial charge in [0, 0.05) is 18.7 Å². The number of rotatable bonds is 3. The smallest absolute Gasteiger partial charge is 0.160 e. The summed E-state index contributed by atoms with van der Waals surface area (Å²) >= 11 is 0. The molecule has 2 aliphatic heterocycles. The maximum absolute atomic E-state index is 4.97. The lowest BCUT2D eigenvalue weighted by Gasteiger charge is -2.31.